The number of rotatable bonds is 10. The minimum atomic E-state index is -0.574. The number of thioether (sulfide) groups is 1. The molecule has 7 heteroatoms. The maximum Gasteiger partial charge on any atom is 0.253 e. The Kier molecular flexibility index (Phi) is 9.83. The average Bonchev–Trinajstić information content (AvgIpc) is 2.56. The molecule has 2 amide bonds. The molecule has 1 rings (SSSR count). The van der Waals surface area contributed by atoms with Crippen LogP contribution in [0.1, 0.15) is 30.6 Å². The first-order chi connectivity index (χ1) is 11.5. The predicted octanol–water partition coefficient (Wildman–Crippen LogP) is 2.31. The Morgan fingerprint density at radius 1 is 1.29 bits per heavy atom. The van der Waals surface area contributed by atoms with E-state index in [2.05, 4.69) is 16.0 Å². The second-order valence-electron chi connectivity index (χ2n) is 5.49. The highest BCUT2D eigenvalue weighted by molar-refractivity contribution is 7.98. The van der Waals surface area contributed by atoms with E-state index in [1.165, 1.54) is 0 Å². The Balaban J connectivity index is 2.68. The van der Waals surface area contributed by atoms with Gasteiger partial charge in [0.2, 0.25) is 5.91 Å². The fourth-order valence-electron chi connectivity index (χ4n) is 2.18. The highest BCUT2D eigenvalue weighted by atomic mass is 35.5. The number of hydrogen-bond donors (Lipinski definition) is 3. The molecule has 2 atom stereocenters. The molecule has 1 unspecified atom stereocenters. The molecule has 0 radical (unpaired) electrons. The predicted molar refractivity (Wildman–Crippen MR) is 102 cm³/mol. The van der Waals surface area contributed by atoms with Crippen molar-refractivity contribution in [2.45, 2.75) is 32.4 Å². The largest absolute Gasteiger partial charge is 0.353 e. The van der Waals surface area contributed by atoms with Crippen LogP contribution in [0.25, 0.3) is 0 Å². The van der Waals surface area contributed by atoms with Gasteiger partial charge >= 0.3 is 0 Å². The SMILES string of the molecule is CCN[C@H](C)CNC(=O)C(CCSC)NC(=O)c1ccccc1Cl. The van der Waals surface area contributed by atoms with Gasteiger partial charge in [-0.2, -0.15) is 11.8 Å². The van der Waals surface area contributed by atoms with E-state index in [0.717, 1.165) is 12.3 Å². The topological polar surface area (TPSA) is 70.2 Å². The summed E-state index contributed by atoms with van der Waals surface area (Å²) in [6, 6.07) is 6.42. The summed E-state index contributed by atoms with van der Waals surface area (Å²) in [6.07, 6.45) is 2.54. The minimum absolute atomic E-state index is 0.172. The fraction of sp³-hybridized carbons (Fsp3) is 0.529. The van der Waals surface area contributed by atoms with Crippen LogP contribution in [0.15, 0.2) is 24.3 Å². The molecule has 0 aliphatic rings. The normalized spacial score (nSPS) is 13.2. The van der Waals surface area contributed by atoms with E-state index in [1.54, 1.807) is 36.0 Å². The molecule has 24 heavy (non-hydrogen) atoms. The van der Waals surface area contributed by atoms with Gasteiger partial charge in [0.05, 0.1) is 10.6 Å². The van der Waals surface area contributed by atoms with Gasteiger partial charge in [0, 0.05) is 12.6 Å². The molecule has 0 aliphatic heterocycles. The molecule has 0 fully saturated rings. The second-order valence-corrected chi connectivity index (χ2v) is 6.88. The van der Waals surface area contributed by atoms with E-state index in [0.29, 0.717) is 23.6 Å². The molecule has 1 aromatic rings. The van der Waals surface area contributed by atoms with Crippen LogP contribution in [0.5, 0.6) is 0 Å². The maximum atomic E-state index is 12.4. The summed E-state index contributed by atoms with van der Waals surface area (Å²) in [6.45, 7) is 5.38. The molecule has 0 spiro atoms. The van der Waals surface area contributed by atoms with Crippen LogP contribution in [0.4, 0.5) is 0 Å². The van der Waals surface area contributed by atoms with Crippen molar-refractivity contribution in [3.63, 3.8) is 0 Å². The molecular weight excluding hydrogens is 346 g/mol. The fourth-order valence-corrected chi connectivity index (χ4v) is 2.88. The lowest BCUT2D eigenvalue weighted by atomic mass is 10.1. The van der Waals surface area contributed by atoms with Crippen LogP contribution < -0.4 is 16.0 Å². The highest BCUT2D eigenvalue weighted by Crippen LogP contribution is 2.15. The average molecular weight is 372 g/mol. The number of carbonyl (C=O) groups excluding carboxylic acids is 2. The van der Waals surface area contributed by atoms with Crippen molar-refractivity contribution in [1.82, 2.24) is 16.0 Å². The van der Waals surface area contributed by atoms with Crippen LogP contribution in [-0.4, -0.2) is 49.0 Å². The van der Waals surface area contributed by atoms with Crippen LogP contribution in [0, 0.1) is 0 Å². The molecule has 0 saturated heterocycles. The Hall–Kier alpha value is -1.24. The van der Waals surface area contributed by atoms with Crippen molar-refractivity contribution in [2.24, 2.45) is 0 Å². The molecule has 5 nitrogen and oxygen atoms in total. The van der Waals surface area contributed by atoms with E-state index in [-0.39, 0.29) is 17.9 Å². The number of amides is 2. The van der Waals surface area contributed by atoms with Crippen molar-refractivity contribution < 1.29 is 9.59 Å². The van der Waals surface area contributed by atoms with Gasteiger partial charge in [-0.1, -0.05) is 30.7 Å². The Labute approximate surface area is 153 Å². The smallest absolute Gasteiger partial charge is 0.253 e. The highest BCUT2D eigenvalue weighted by Gasteiger charge is 2.22. The molecule has 1 aromatic carbocycles. The van der Waals surface area contributed by atoms with Gasteiger partial charge in [0.15, 0.2) is 0 Å². The number of likely N-dealkylation sites (N-methyl/N-ethyl adjacent to an activating group) is 1. The molecule has 0 aliphatic carbocycles. The lowest BCUT2D eigenvalue weighted by Gasteiger charge is -2.20. The lowest BCUT2D eigenvalue weighted by molar-refractivity contribution is -0.123. The summed E-state index contributed by atoms with van der Waals surface area (Å²) in [5, 5.41) is 9.29. The maximum absolute atomic E-state index is 12.4. The third kappa shape index (κ3) is 7.11. The summed E-state index contributed by atoms with van der Waals surface area (Å²) in [4.78, 5) is 24.8. The summed E-state index contributed by atoms with van der Waals surface area (Å²) in [7, 11) is 0. The lowest BCUT2D eigenvalue weighted by Crippen LogP contribution is -2.49. The number of hydrogen-bond acceptors (Lipinski definition) is 4. The van der Waals surface area contributed by atoms with Gasteiger partial charge in [0.1, 0.15) is 6.04 Å². The van der Waals surface area contributed by atoms with Crippen molar-refractivity contribution in [3.8, 4) is 0 Å². The first kappa shape index (κ1) is 20.8. The van der Waals surface area contributed by atoms with Crippen molar-refractivity contribution >= 4 is 35.2 Å². The molecule has 3 N–H and O–H groups in total. The number of nitrogens with one attached hydrogen (secondary N) is 3. The molecule has 0 saturated carbocycles. The van der Waals surface area contributed by atoms with Gasteiger partial charge in [-0.3, -0.25) is 9.59 Å². The number of benzene rings is 1. The zero-order valence-corrected chi connectivity index (χ0v) is 16.0. The first-order valence-corrected chi connectivity index (χ1v) is 9.82. The summed E-state index contributed by atoms with van der Waals surface area (Å²) >= 11 is 7.69. The van der Waals surface area contributed by atoms with Crippen LogP contribution in [0.2, 0.25) is 5.02 Å². The van der Waals surface area contributed by atoms with Gasteiger partial charge in [0.25, 0.3) is 5.91 Å². The number of carbonyl (C=O) groups is 2. The zero-order chi connectivity index (χ0) is 17.9. The van der Waals surface area contributed by atoms with E-state index in [9.17, 15) is 9.59 Å². The van der Waals surface area contributed by atoms with E-state index >= 15 is 0 Å². The quantitative estimate of drug-likeness (QED) is 0.590. The van der Waals surface area contributed by atoms with E-state index in [4.69, 9.17) is 11.6 Å². The number of halogens is 1. The molecule has 0 bridgehead atoms. The van der Waals surface area contributed by atoms with Crippen LogP contribution in [-0.2, 0) is 4.79 Å². The van der Waals surface area contributed by atoms with Crippen LogP contribution >= 0.6 is 23.4 Å². The molecule has 0 aromatic heterocycles. The third-order valence-corrected chi connectivity index (χ3v) is 4.46. The summed E-state index contributed by atoms with van der Waals surface area (Å²) in [5.74, 6) is 0.278. The third-order valence-electron chi connectivity index (χ3n) is 3.49. The molecular formula is C17H26ClN3O2S. The van der Waals surface area contributed by atoms with Gasteiger partial charge < -0.3 is 16.0 Å². The first-order valence-electron chi connectivity index (χ1n) is 8.05. The zero-order valence-electron chi connectivity index (χ0n) is 14.4. The molecule has 0 heterocycles. The Morgan fingerprint density at radius 2 is 2.00 bits per heavy atom. The Morgan fingerprint density at radius 3 is 2.62 bits per heavy atom. The van der Waals surface area contributed by atoms with Gasteiger partial charge in [-0.05, 0) is 44.0 Å². The summed E-state index contributed by atoms with van der Waals surface area (Å²) < 4.78 is 0. The monoisotopic (exact) mass is 371 g/mol. The van der Waals surface area contributed by atoms with Crippen LogP contribution in [0.3, 0.4) is 0 Å². The van der Waals surface area contributed by atoms with E-state index in [1.807, 2.05) is 20.1 Å². The van der Waals surface area contributed by atoms with Crippen molar-refractivity contribution in [2.75, 3.05) is 25.1 Å². The van der Waals surface area contributed by atoms with E-state index < -0.39 is 6.04 Å². The van der Waals surface area contributed by atoms with Crippen molar-refractivity contribution in [3.05, 3.63) is 34.9 Å². The minimum Gasteiger partial charge on any atom is -0.353 e. The van der Waals surface area contributed by atoms with Gasteiger partial charge in [-0.15, -0.1) is 0 Å². The summed E-state index contributed by atoms with van der Waals surface area (Å²) in [5.41, 5.74) is 0.377. The standard InChI is InChI=1S/C17H26ClN3O2S/c1-4-19-12(2)11-20-17(23)15(9-10-24-3)21-16(22)13-7-5-6-8-14(13)18/h5-8,12,15,19H,4,9-11H2,1-3H3,(H,20,23)(H,21,22)/t12-,15?/m1/s1. The van der Waals surface area contributed by atoms with Gasteiger partial charge in [-0.25, -0.2) is 0 Å². The molecule has 134 valence electrons. The second kappa shape index (κ2) is 11.3. The van der Waals surface area contributed by atoms with Crippen molar-refractivity contribution in [1.29, 1.82) is 0 Å². The Bertz CT molecular complexity index is 542.